The molecule has 0 amide bonds. The number of aromatic nitrogens is 2. The molecule has 1 N–H and O–H groups in total. The predicted octanol–water partition coefficient (Wildman–Crippen LogP) is 0.891. The van der Waals surface area contributed by atoms with Crippen molar-refractivity contribution in [3.8, 4) is 0 Å². The van der Waals surface area contributed by atoms with E-state index in [4.69, 9.17) is 0 Å². The van der Waals surface area contributed by atoms with Crippen LogP contribution in [0, 0.1) is 0 Å². The van der Waals surface area contributed by atoms with Crippen LogP contribution in [0.15, 0.2) is 18.5 Å². The van der Waals surface area contributed by atoms with Gasteiger partial charge in [0.15, 0.2) is 0 Å². The molecule has 0 radical (unpaired) electrons. The number of hydrogen-bond acceptors (Lipinski definition) is 3. The Bertz CT molecular complexity index is 251. The summed E-state index contributed by atoms with van der Waals surface area (Å²) in [6.45, 7) is 0.178. The fraction of sp³-hybridized carbons (Fsp3) is 0.556. The van der Waals surface area contributed by atoms with E-state index < -0.39 is 0 Å². The van der Waals surface area contributed by atoms with Crippen LogP contribution in [0.25, 0.3) is 0 Å². The van der Waals surface area contributed by atoms with Crippen LogP contribution < -0.4 is 0 Å². The fourth-order valence-electron chi connectivity index (χ4n) is 1.63. The van der Waals surface area contributed by atoms with Crippen molar-refractivity contribution in [3.05, 3.63) is 24.3 Å². The summed E-state index contributed by atoms with van der Waals surface area (Å²) in [5.74, 6) is 0.804. The first-order chi connectivity index (χ1) is 5.87. The number of rotatable bonds is 2. The largest absolute Gasteiger partial charge is 0.395 e. The maximum atomic E-state index is 9.21. The second kappa shape index (κ2) is 2.83. The third kappa shape index (κ3) is 1.01. The van der Waals surface area contributed by atoms with Crippen molar-refractivity contribution < 1.29 is 5.11 Å². The molecule has 1 aromatic rings. The molecular formula is C9H12N2O. The van der Waals surface area contributed by atoms with E-state index in [0.29, 0.717) is 0 Å². The smallest absolute Gasteiger partial charge is 0.136 e. The minimum absolute atomic E-state index is 0.110. The highest BCUT2D eigenvalue weighted by molar-refractivity contribution is 5.12. The van der Waals surface area contributed by atoms with E-state index in [0.717, 1.165) is 18.7 Å². The van der Waals surface area contributed by atoms with Crippen LogP contribution >= 0.6 is 0 Å². The van der Waals surface area contributed by atoms with Crippen molar-refractivity contribution in [2.75, 3.05) is 6.61 Å². The maximum absolute atomic E-state index is 9.21. The first-order valence-electron chi connectivity index (χ1n) is 4.26. The maximum Gasteiger partial charge on any atom is 0.136 e. The van der Waals surface area contributed by atoms with Crippen LogP contribution in [0.5, 0.6) is 0 Å². The highest BCUT2D eigenvalue weighted by Gasteiger charge is 2.40. The summed E-state index contributed by atoms with van der Waals surface area (Å²) in [6.07, 6.45) is 6.69. The molecule has 0 saturated heterocycles. The average Bonchev–Trinajstić information content (AvgIpc) is 2.05. The lowest BCUT2D eigenvalue weighted by Crippen LogP contribution is -2.39. The summed E-state index contributed by atoms with van der Waals surface area (Å²) in [4.78, 5) is 8.35. The van der Waals surface area contributed by atoms with Gasteiger partial charge in [-0.3, -0.25) is 0 Å². The quantitative estimate of drug-likeness (QED) is 0.706. The minimum Gasteiger partial charge on any atom is -0.395 e. The Morgan fingerprint density at radius 3 is 2.42 bits per heavy atom. The van der Waals surface area contributed by atoms with Gasteiger partial charge in [0.1, 0.15) is 5.82 Å². The van der Waals surface area contributed by atoms with Crippen LogP contribution in [0.3, 0.4) is 0 Å². The van der Waals surface area contributed by atoms with Crippen molar-refractivity contribution in [1.29, 1.82) is 0 Å². The van der Waals surface area contributed by atoms with Gasteiger partial charge in [-0.15, -0.1) is 0 Å². The molecule has 0 aliphatic heterocycles. The van der Waals surface area contributed by atoms with Gasteiger partial charge in [0.2, 0.25) is 0 Å². The van der Waals surface area contributed by atoms with E-state index >= 15 is 0 Å². The third-order valence-electron chi connectivity index (χ3n) is 2.65. The first kappa shape index (κ1) is 7.68. The zero-order valence-electron chi connectivity index (χ0n) is 6.90. The normalized spacial score (nSPS) is 20.1. The molecule has 1 heterocycles. The Morgan fingerprint density at radius 1 is 1.33 bits per heavy atom. The van der Waals surface area contributed by atoms with Gasteiger partial charge in [-0.2, -0.15) is 0 Å². The van der Waals surface area contributed by atoms with Gasteiger partial charge in [0.05, 0.1) is 12.0 Å². The first-order valence-corrected chi connectivity index (χ1v) is 4.26. The number of nitrogens with zero attached hydrogens (tertiary/aromatic N) is 2. The van der Waals surface area contributed by atoms with E-state index in [1.165, 1.54) is 6.42 Å². The van der Waals surface area contributed by atoms with Crippen LogP contribution in [-0.4, -0.2) is 21.7 Å². The van der Waals surface area contributed by atoms with E-state index in [-0.39, 0.29) is 12.0 Å². The zero-order chi connectivity index (χ0) is 8.44. The zero-order valence-corrected chi connectivity index (χ0v) is 6.90. The molecule has 1 fully saturated rings. The standard InChI is InChI=1S/C9H12N2O/c12-7-9(3-1-4-9)8-10-5-2-6-11-8/h2,5-6,12H,1,3-4,7H2. The molecular weight excluding hydrogens is 152 g/mol. The summed E-state index contributed by atoms with van der Waals surface area (Å²) in [6, 6.07) is 1.80. The van der Waals surface area contributed by atoms with Crippen molar-refractivity contribution in [1.82, 2.24) is 9.97 Å². The van der Waals surface area contributed by atoms with Gasteiger partial charge in [-0.05, 0) is 18.9 Å². The Kier molecular flexibility index (Phi) is 1.81. The molecule has 64 valence electrons. The Morgan fingerprint density at radius 2 is 2.00 bits per heavy atom. The lowest BCUT2D eigenvalue weighted by molar-refractivity contribution is 0.112. The summed E-state index contributed by atoms with van der Waals surface area (Å²) in [7, 11) is 0. The van der Waals surface area contributed by atoms with Crippen molar-refractivity contribution in [2.45, 2.75) is 24.7 Å². The van der Waals surface area contributed by atoms with Gasteiger partial charge < -0.3 is 5.11 Å². The second-order valence-corrected chi connectivity index (χ2v) is 3.36. The molecule has 1 aromatic heterocycles. The van der Waals surface area contributed by atoms with Gasteiger partial charge in [0.25, 0.3) is 0 Å². The summed E-state index contributed by atoms with van der Waals surface area (Å²) < 4.78 is 0. The third-order valence-corrected chi connectivity index (χ3v) is 2.65. The predicted molar refractivity (Wildman–Crippen MR) is 44.6 cm³/mol. The van der Waals surface area contributed by atoms with Crippen LogP contribution in [-0.2, 0) is 5.41 Å². The van der Waals surface area contributed by atoms with Crippen LogP contribution in [0.2, 0.25) is 0 Å². The second-order valence-electron chi connectivity index (χ2n) is 3.36. The molecule has 3 nitrogen and oxygen atoms in total. The van der Waals surface area contributed by atoms with Gasteiger partial charge >= 0.3 is 0 Å². The van der Waals surface area contributed by atoms with Gasteiger partial charge in [0, 0.05) is 12.4 Å². The summed E-state index contributed by atoms with van der Waals surface area (Å²) >= 11 is 0. The van der Waals surface area contributed by atoms with Gasteiger partial charge in [-0.25, -0.2) is 9.97 Å². The highest BCUT2D eigenvalue weighted by atomic mass is 16.3. The van der Waals surface area contributed by atoms with E-state index in [9.17, 15) is 5.11 Å². The average molecular weight is 164 g/mol. The molecule has 2 rings (SSSR count). The lowest BCUT2D eigenvalue weighted by Gasteiger charge is -2.38. The minimum atomic E-state index is -0.110. The molecule has 12 heavy (non-hydrogen) atoms. The Balaban J connectivity index is 2.28. The summed E-state index contributed by atoms with van der Waals surface area (Å²) in [5.41, 5.74) is -0.110. The SMILES string of the molecule is OCC1(c2ncccn2)CCC1. The lowest BCUT2D eigenvalue weighted by atomic mass is 9.69. The van der Waals surface area contributed by atoms with Crippen LogP contribution in [0.4, 0.5) is 0 Å². The molecule has 1 aliphatic rings. The molecule has 1 saturated carbocycles. The molecule has 0 aromatic carbocycles. The number of aliphatic hydroxyl groups excluding tert-OH is 1. The molecule has 0 spiro atoms. The molecule has 0 bridgehead atoms. The van der Waals surface area contributed by atoms with Gasteiger partial charge in [-0.1, -0.05) is 6.42 Å². The molecule has 1 aliphatic carbocycles. The van der Waals surface area contributed by atoms with E-state index in [1.807, 2.05) is 0 Å². The van der Waals surface area contributed by atoms with Crippen molar-refractivity contribution in [3.63, 3.8) is 0 Å². The number of hydrogen-bond donors (Lipinski definition) is 1. The van der Waals surface area contributed by atoms with E-state index in [2.05, 4.69) is 9.97 Å². The van der Waals surface area contributed by atoms with Crippen molar-refractivity contribution >= 4 is 0 Å². The van der Waals surface area contributed by atoms with Crippen LogP contribution in [0.1, 0.15) is 25.1 Å². The molecule has 3 heteroatoms. The monoisotopic (exact) mass is 164 g/mol. The Labute approximate surface area is 71.5 Å². The van der Waals surface area contributed by atoms with E-state index in [1.54, 1.807) is 18.5 Å². The topological polar surface area (TPSA) is 46.0 Å². The fourth-order valence-corrected chi connectivity index (χ4v) is 1.63. The molecule has 0 atom stereocenters. The number of aliphatic hydroxyl groups is 1. The Hall–Kier alpha value is -0.960. The summed E-state index contributed by atoms with van der Waals surface area (Å²) in [5, 5.41) is 9.21. The van der Waals surface area contributed by atoms with Crippen molar-refractivity contribution in [2.24, 2.45) is 0 Å². The molecule has 0 unspecified atom stereocenters. The highest BCUT2D eigenvalue weighted by Crippen LogP contribution is 2.41.